The van der Waals surface area contributed by atoms with Crippen LogP contribution in [0, 0.1) is 0 Å². The SMILES string of the molecule is COc1cccc(C2C(C(=O)c3cc4cccc(OC)c4o3)=C(O)C(=O)N2c2nc3ccc(OC)cc3[nH]2)c1. The molecule has 1 aliphatic rings. The highest BCUT2D eigenvalue weighted by Gasteiger charge is 2.46. The van der Waals surface area contributed by atoms with Gasteiger partial charge in [0.25, 0.3) is 5.91 Å². The molecule has 1 aliphatic heterocycles. The van der Waals surface area contributed by atoms with E-state index in [1.807, 2.05) is 0 Å². The number of hydrogen-bond donors (Lipinski definition) is 2. The van der Waals surface area contributed by atoms with E-state index in [1.165, 1.54) is 19.1 Å². The van der Waals surface area contributed by atoms with Crippen molar-refractivity contribution in [1.29, 1.82) is 0 Å². The Kier molecular flexibility index (Phi) is 5.72. The molecule has 2 aromatic heterocycles. The molecule has 3 heterocycles. The number of Topliss-reactive ketones (excluding diaryl/α,β-unsaturated/α-hetero) is 1. The van der Waals surface area contributed by atoms with E-state index in [0.29, 0.717) is 44.8 Å². The lowest BCUT2D eigenvalue weighted by molar-refractivity contribution is -0.117. The zero-order chi connectivity index (χ0) is 27.3. The van der Waals surface area contributed by atoms with Crippen LogP contribution in [0.1, 0.15) is 22.2 Å². The highest BCUT2D eigenvalue weighted by molar-refractivity contribution is 6.20. The molecule has 2 N–H and O–H groups in total. The summed E-state index contributed by atoms with van der Waals surface area (Å²) in [6, 6.07) is 18.0. The van der Waals surface area contributed by atoms with Crippen LogP contribution >= 0.6 is 0 Å². The van der Waals surface area contributed by atoms with Crippen LogP contribution in [-0.2, 0) is 4.79 Å². The minimum absolute atomic E-state index is 0.0482. The summed E-state index contributed by atoms with van der Waals surface area (Å²) in [6.07, 6.45) is 0. The Morgan fingerprint density at radius 2 is 1.74 bits per heavy atom. The molecule has 10 heteroatoms. The highest BCUT2D eigenvalue weighted by Crippen LogP contribution is 2.43. The lowest BCUT2D eigenvalue weighted by atomic mass is 9.95. The van der Waals surface area contributed by atoms with Crippen molar-refractivity contribution >= 4 is 39.6 Å². The van der Waals surface area contributed by atoms with Crippen LogP contribution in [-0.4, -0.2) is 48.1 Å². The normalized spacial score (nSPS) is 15.4. The van der Waals surface area contributed by atoms with E-state index < -0.39 is 23.5 Å². The second kappa shape index (κ2) is 9.25. The van der Waals surface area contributed by atoms with Crippen molar-refractivity contribution in [3.8, 4) is 17.2 Å². The molecule has 1 unspecified atom stereocenters. The number of H-pyrrole nitrogens is 1. The molecule has 10 nitrogen and oxygen atoms in total. The predicted octanol–water partition coefficient (Wildman–Crippen LogP) is 5.12. The number of anilines is 1. The first-order valence-corrected chi connectivity index (χ1v) is 12.0. The van der Waals surface area contributed by atoms with Crippen LogP contribution in [0.3, 0.4) is 0 Å². The Bertz CT molecular complexity index is 1800. The summed E-state index contributed by atoms with van der Waals surface area (Å²) in [6.45, 7) is 0. The fourth-order valence-corrected chi connectivity index (χ4v) is 4.84. The minimum Gasteiger partial charge on any atom is -0.503 e. The van der Waals surface area contributed by atoms with E-state index in [-0.39, 0.29) is 17.3 Å². The van der Waals surface area contributed by atoms with Gasteiger partial charge in [-0.25, -0.2) is 4.98 Å². The molecule has 0 saturated heterocycles. The summed E-state index contributed by atoms with van der Waals surface area (Å²) < 4.78 is 21.9. The summed E-state index contributed by atoms with van der Waals surface area (Å²) >= 11 is 0. The molecule has 6 rings (SSSR count). The molecule has 0 spiro atoms. The van der Waals surface area contributed by atoms with E-state index in [9.17, 15) is 14.7 Å². The Morgan fingerprint density at radius 3 is 2.51 bits per heavy atom. The van der Waals surface area contributed by atoms with Gasteiger partial charge in [-0.3, -0.25) is 14.5 Å². The number of aliphatic hydroxyl groups is 1. The standard InChI is InChI=1S/C29H23N3O7/c1-36-17-8-4-6-15(12-17)24-23(25(33)22-13-16-7-5-9-21(38-3)27(16)39-22)26(34)28(35)32(24)29-30-19-11-10-18(37-2)14-20(19)31-29/h4-14,24,34H,1-3H3,(H,30,31). The molecule has 0 radical (unpaired) electrons. The number of para-hydroxylation sites is 1. The third-order valence-corrected chi connectivity index (χ3v) is 6.72. The highest BCUT2D eigenvalue weighted by atomic mass is 16.5. The zero-order valence-electron chi connectivity index (χ0n) is 21.2. The number of nitrogens with one attached hydrogen (secondary N) is 1. The Balaban J connectivity index is 1.51. The van der Waals surface area contributed by atoms with Gasteiger partial charge in [-0.2, -0.15) is 0 Å². The van der Waals surface area contributed by atoms with Crippen LogP contribution in [0.25, 0.3) is 22.0 Å². The average Bonchev–Trinajstić information content (AvgIpc) is 3.66. The van der Waals surface area contributed by atoms with E-state index in [2.05, 4.69) is 9.97 Å². The van der Waals surface area contributed by atoms with Gasteiger partial charge < -0.3 is 28.7 Å². The van der Waals surface area contributed by atoms with Crippen molar-refractivity contribution in [2.24, 2.45) is 0 Å². The van der Waals surface area contributed by atoms with E-state index in [0.717, 1.165) is 0 Å². The van der Waals surface area contributed by atoms with Crippen molar-refractivity contribution in [1.82, 2.24) is 9.97 Å². The molecule has 1 atom stereocenters. The van der Waals surface area contributed by atoms with Gasteiger partial charge in [-0.15, -0.1) is 0 Å². The van der Waals surface area contributed by atoms with Crippen LogP contribution < -0.4 is 19.1 Å². The van der Waals surface area contributed by atoms with E-state index in [4.69, 9.17) is 18.6 Å². The number of carbonyl (C=O) groups is 2. The first-order valence-electron chi connectivity index (χ1n) is 12.0. The number of amides is 1. The number of ketones is 1. The first-order chi connectivity index (χ1) is 18.9. The lowest BCUT2D eigenvalue weighted by Gasteiger charge is -2.24. The number of ether oxygens (including phenoxy) is 3. The third-order valence-electron chi connectivity index (χ3n) is 6.72. The number of nitrogens with zero attached hydrogens (tertiary/aromatic N) is 2. The number of fused-ring (bicyclic) bond motifs is 2. The van der Waals surface area contributed by atoms with Crippen LogP contribution in [0.2, 0.25) is 0 Å². The van der Waals surface area contributed by atoms with E-state index >= 15 is 0 Å². The smallest absolute Gasteiger partial charge is 0.296 e. The van der Waals surface area contributed by atoms with Crippen molar-refractivity contribution in [3.05, 3.63) is 89.4 Å². The van der Waals surface area contributed by atoms with Gasteiger partial charge in [0.1, 0.15) is 11.5 Å². The van der Waals surface area contributed by atoms with E-state index in [1.54, 1.807) is 73.8 Å². The summed E-state index contributed by atoms with van der Waals surface area (Å²) in [5.74, 6) is -0.454. The number of furan rings is 1. The van der Waals surface area contributed by atoms with Crippen LogP contribution in [0.4, 0.5) is 5.95 Å². The summed E-state index contributed by atoms with van der Waals surface area (Å²) in [5.41, 5.74) is 1.96. The van der Waals surface area contributed by atoms with Gasteiger partial charge >= 0.3 is 0 Å². The second-order valence-corrected chi connectivity index (χ2v) is 8.88. The Morgan fingerprint density at radius 1 is 0.974 bits per heavy atom. The van der Waals surface area contributed by atoms with Gasteiger partial charge in [0.05, 0.1) is 44.0 Å². The monoisotopic (exact) mass is 525 g/mol. The number of imidazole rings is 1. The Hall–Kier alpha value is -5.25. The average molecular weight is 526 g/mol. The van der Waals surface area contributed by atoms with Gasteiger partial charge in [0, 0.05) is 11.5 Å². The number of hydrogen-bond acceptors (Lipinski definition) is 8. The Labute approximate surface area is 222 Å². The molecule has 196 valence electrons. The van der Waals surface area contributed by atoms with Gasteiger partial charge in [-0.1, -0.05) is 24.3 Å². The molecule has 0 aliphatic carbocycles. The van der Waals surface area contributed by atoms with Crippen molar-refractivity contribution in [3.63, 3.8) is 0 Å². The minimum atomic E-state index is -1.03. The number of benzene rings is 3. The predicted molar refractivity (Wildman–Crippen MR) is 143 cm³/mol. The number of aromatic nitrogens is 2. The lowest BCUT2D eigenvalue weighted by Crippen LogP contribution is -2.32. The van der Waals surface area contributed by atoms with Gasteiger partial charge in [-0.05, 0) is 42.0 Å². The summed E-state index contributed by atoms with van der Waals surface area (Å²) in [4.78, 5) is 36.4. The quantitative estimate of drug-likeness (QED) is 0.281. The number of methoxy groups -OCH3 is 3. The maximum atomic E-state index is 13.9. The molecule has 3 aromatic carbocycles. The molecule has 0 fully saturated rings. The number of rotatable bonds is 7. The molecule has 39 heavy (non-hydrogen) atoms. The topological polar surface area (TPSA) is 127 Å². The molecule has 0 bridgehead atoms. The number of aliphatic hydroxyl groups excluding tert-OH is 1. The van der Waals surface area contributed by atoms with Crippen LogP contribution in [0.15, 0.2) is 82.5 Å². The second-order valence-electron chi connectivity index (χ2n) is 8.88. The molecule has 1 amide bonds. The largest absolute Gasteiger partial charge is 0.503 e. The fraction of sp³-hybridized carbons (Fsp3) is 0.138. The molecule has 0 saturated carbocycles. The summed E-state index contributed by atoms with van der Waals surface area (Å²) in [5, 5.41) is 11.8. The van der Waals surface area contributed by atoms with Crippen LogP contribution in [0.5, 0.6) is 17.2 Å². The summed E-state index contributed by atoms with van der Waals surface area (Å²) in [7, 11) is 4.57. The van der Waals surface area contributed by atoms with Crippen molar-refractivity contribution in [2.45, 2.75) is 6.04 Å². The first kappa shape index (κ1) is 24.1. The fourth-order valence-electron chi connectivity index (χ4n) is 4.84. The van der Waals surface area contributed by atoms with Crippen molar-refractivity contribution in [2.75, 3.05) is 26.2 Å². The zero-order valence-corrected chi connectivity index (χ0v) is 21.2. The van der Waals surface area contributed by atoms with Gasteiger partial charge in [0.2, 0.25) is 11.7 Å². The van der Waals surface area contributed by atoms with Gasteiger partial charge in [0.15, 0.2) is 22.9 Å². The third kappa shape index (κ3) is 3.84. The number of aromatic amines is 1. The molecular formula is C29H23N3O7. The maximum absolute atomic E-state index is 13.9. The molecule has 5 aromatic rings. The maximum Gasteiger partial charge on any atom is 0.296 e. The molecular weight excluding hydrogens is 502 g/mol. The van der Waals surface area contributed by atoms with Crippen molar-refractivity contribution < 1.29 is 33.3 Å². The number of carbonyl (C=O) groups excluding carboxylic acids is 2.